The lowest BCUT2D eigenvalue weighted by molar-refractivity contribution is -0.136. The van der Waals surface area contributed by atoms with Crippen LogP contribution in [0.5, 0.6) is 5.75 Å². The van der Waals surface area contributed by atoms with Crippen molar-refractivity contribution in [2.75, 3.05) is 26.9 Å². The number of hydrogen-bond donors (Lipinski definition) is 1. The van der Waals surface area contributed by atoms with Gasteiger partial charge in [0, 0.05) is 6.61 Å². The summed E-state index contributed by atoms with van der Waals surface area (Å²) in [5.74, 6) is -0.582. The van der Waals surface area contributed by atoms with Crippen molar-refractivity contribution in [3.8, 4) is 5.75 Å². The average Bonchev–Trinajstić information content (AvgIpc) is 3.32. The highest BCUT2D eigenvalue weighted by atomic mass is 28.4. The van der Waals surface area contributed by atoms with E-state index < -0.39 is 38.4 Å². The summed E-state index contributed by atoms with van der Waals surface area (Å²) in [6.45, 7) is 15.8. The third kappa shape index (κ3) is 9.01. The van der Waals surface area contributed by atoms with Crippen molar-refractivity contribution < 1.29 is 33.3 Å². The lowest BCUT2D eigenvalue weighted by atomic mass is 9.90. The summed E-state index contributed by atoms with van der Waals surface area (Å²) in [4.78, 5) is 27.9. The Morgan fingerprint density at radius 3 is 2.40 bits per heavy atom. The Labute approximate surface area is 251 Å². The highest BCUT2D eigenvalue weighted by Crippen LogP contribution is 2.37. The van der Waals surface area contributed by atoms with Crippen molar-refractivity contribution in [1.82, 2.24) is 4.90 Å². The van der Waals surface area contributed by atoms with Crippen LogP contribution in [0.4, 0.5) is 4.79 Å². The van der Waals surface area contributed by atoms with Crippen LogP contribution in [0.25, 0.3) is 0 Å². The summed E-state index contributed by atoms with van der Waals surface area (Å²) in [7, 11) is -0.488. The first-order valence-corrected chi connectivity index (χ1v) is 17.5. The minimum atomic E-state index is -2.11. The van der Waals surface area contributed by atoms with Crippen LogP contribution in [-0.4, -0.2) is 69.4 Å². The maximum absolute atomic E-state index is 13.9. The van der Waals surface area contributed by atoms with Gasteiger partial charge in [0.15, 0.2) is 8.32 Å². The van der Waals surface area contributed by atoms with Gasteiger partial charge in [-0.3, -0.25) is 4.79 Å². The van der Waals surface area contributed by atoms with Crippen molar-refractivity contribution in [1.29, 1.82) is 0 Å². The zero-order valence-electron chi connectivity index (χ0n) is 25.9. The van der Waals surface area contributed by atoms with Crippen molar-refractivity contribution >= 4 is 20.3 Å². The van der Waals surface area contributed by atoms with Gasteiger partial charge in [-0.2, -0.15) is 0 Å². The van der Waals surface area contributed by atoms with E-state index in [1.165, 1.54) is 4.90 Å². The van der Waals surface area contributed by atoms with Gasteiger partial charge < -0.3 is 23.7 Å². The van der Waals surface area contributed by atoms with Gasteiger partial charge in [-0.05, 0) is 66.2 Å². The van der Waals surface area contributed by atoms with Gasteiger partial charge in [-0.15, -0.1) is 0 Å². The monoisotopic (exact) mass is 597 g/mol. The van der Waals surface area contributed by atoms with E-state index in [9.17, 15) is 14.7 Å². The molecular formula is C33H47NO7Si. The highest BCUT2D eigenvalue weighted by molar-refractivity contribution is 6.74. The summed E-state index contributed by atoms with van der Waals surface area (Å²) >= 11 is 0. The molecule has 2 aromatic carbocycles. The normalized spacial score (nSPS) is 17.1. The molecule has 2 aromatic rings. The van der Waals surface area contributed by atoms with E-state index in [1.54, 1.807) is 7.11 Å². The Bertz CT molecular complexity index is 1180. The third-order valence-electron chi connectivity index (χ3n) is 8.29. The number of benzene rings is 2. The van der Waals surface area contributed by atoms with E-state index >= 15 is 0 Å². The minimum Gasteiger partial charge on any atom is -0.497 e. The zero-order valence-corrected chi connectivity index (χ0v) is 26.9. The fourth-order valence-corrected chi connectivity index (χ4v) is 5.52. The maximum atomic E-state index is 13.9. The van der Waals surface area contributed by atoms with Gasteiger partial charge in [-0.25, -0.2) is 9.69 Å². The molecule has 0 aromatic heterocycles. The first kappa shape index (κ1) is 33.5. The molecule has 1 N–H and O–H groups in total. The molecule has 0 spiro atoms. The number of ether oxygens (including phenoxy) is 3. The Hall–Kier alpha value is -2.98. The van der Waals surface area contributed by atoms with E-state index in [1.807, 2.05) is 54.6 Å². The molecule has 3 rings (SSSR count). The van der Waals surface area contributed by atoms with Crippen LogP contribution in [0.15, 0.2) is 66.7 Å². The second kappa shape index (κ2) is 15.0. The summed E-state index contributed by atoms with van der Waals surface area (Å²) < 4.78 is 22.7. The molecular weight excluding hydrogens is 550 g/mol. The standard InChI is InChI=1S/C33H47NO7Si/c1-24(21-41-42(6,7)33(2,3)4)30(35)29(14-11-19-39-22-26-15-17-28(38-5)18-16-26)31(36)34-27(23-40-32(34)37)20-25-12-9-8-10-13-25/h8-10,12-13,15-18,27,29-30,35H,1,11,14,19-23H2,2-7H3/t27-,29-,30+/m1/s1. The van der Waals surface area contributed by atoms with Crippen molar-refractivity contribution in [3.05, 3.63) is 77.9 Å². The number of imide groups is 1. The number of aliphatic hydroxyl groups is 1. The van der Waals surface area contributed by atoms with Crippen molar-refractivity contribution in [2.24, 2.45) is 5.92 Å². The summed E-state index contributed by atoms with van der Waals surface area (Å²) in [6.07, 6.45) is -0.580. The van der Waals surface area contributed by atoms with Crippen LogP contribution < -0.4 is 4.74 Å². The first-order valence-electron chi connectivity index (χ1n) is 14.6. The van der Waals surface area contributed by atoms with Gasteiger partial charge in [0.05, 0.1) is 38.4 Å². The van der Waals surface area contributed by atoms with Crippen molar-refractivity contribution in [3.63, 3.8) is 0 Å². The fourth-order valence-electron chi connectivity index (χ4n) is 4.54. The van der Waals surface area contributed by atoms with Crippen LogP contribution in [0, 0.1) is 5.92 Å². The summed E-state index contributed by atoms with van der Waals surface area (Å²) in [6, 6.07) is 16.9. The van der Waals surface area contributed by atoms with Gasteiger partial charge in [-0.1, -0.05) is 69.8 Å². The number of methoxy groups -OCH3 is 1. The van der Waals surface area contributed by atoms with Gasteiger partial charge in [0.25, 0.3) is 0 Å². The van der Waals surface area contributed by atoms with Gasteiger partial charge >= 0.3 is 6.09 Å². The van der Waals surface area contributed by atoms with Crippen LogP contribution in [0.2, 0.25) is 18.1 Å². The number of carbonyl (C=O) groups excluding carboxylic acids is 2. The summed E-state index contributed by atoms with van der Waals surface area (Å²) in [5, 5.41) is 11.4. The third-order valence-corrected chi connectivity index (χ3v) is 12.8. The number of carbonyl (C=O) groups is 2. The zero-order chi connectivity index (χ0) is 30.9. The number of aliphatic hydroxyl groups excluding tert-OH is 1. The molecule has 1 aliphatic rings. The molecule has 3 atom stereocenters. The van der Waals surface area contributed by atoms with E-state index in [0.29, 0.717) is 38.0 Å². The Morgan fingerprint density at radius 2 is 1.79 bits per heavy atom. The molecule has 1 fully saturated rings. The molecule has 1 saturated heterocycles. The van der Waals surface area contributed by atoms with Gasteiger partial charge in [0.1, 0.15) is 12.4 Å². The SMILES string of the molecule is C=C(CO[Si](C)(C)C(C)(C)C)[C@H](O)[C@@H](CCCOCc1ccc(OC)cc1)C(=O)N1C(=O)OC[C@H]1Cc1ccccc1. The van der Waals surface area contributed by atoms with Crippen LogP contribution >= 0.6 is 0 Å². The molecule has 9 heteroatoms. The Balaban J connectivity index is 1.70. The first-order chi connectivity index (χ1) is 19.8. The molecule has 42 heavy (non-hydrogen) atoms. The highest BCUT2D eigenvalue weighted by Gasteiger charge is 2.43. The Kier molecular flexibility index (Phi) is 11.9. The topological polar surface area (TPSA) is 94.5 Å². The summed E-state index contributed by atoms with van der Waals surface area (Å²) in [5.41, 5.74) is 2.42. The number of rotatable bonds is 15. The predicted molar refractivity (Wildman–Crippen MR) is 166 cm³/mol. The predicted octanol–water partition coefficient (Wildman–Crippen LogP) is 6.14. The van der Waals surface area contributed by atoms with Crippen LogP contribution in [0.3, 0.4) is 0 Å². The fraction of sp³-hybridized carbons (Fsp3) is 0.515. The van der Waals surface area contributed by atoms with E-state index in [4.69, 9.17) is 18.6 Å². The maximum Gasteiger partial charge on any atom is 0.416 e. The molecule has 8 nitrogen and oxygen atoms in total. The minimum absolute atomic E-state index is 0.0152. The van der Waals surface area contributed by atoms with E-state index in [0.717, 1.165) is 16.9 Å². The average molecular weight is 598 g/mol. The second-order valence-corrected chi connectivity index (χ2v) is 17.2. The van der Waals surface area contributed by atoms with E-state index in [2.05, 4.69) is 40.4 Å². The molecule has 0 radical (unpaired) electrons. The molecule has 0 unspecified atom stereocenters. The molecule has 1 aliphatic heterocycles. The number of amides is 2. The van der Waals surface area contributed by atoms with Crippen LogP contribution in [0.1, 0.15) is 44.7 Å². The largest absolute Gasteiger partial charge is 0.497 e. The molecule has 0 saturated carbocycles. The van der Waals surface area contributed by atoms with Crippen molar-refractivity contribution in [2.45, 2.75) is 76.9 Å². The molecule has 230 valence electrons. The second-order valence-electron chi connectivity index (χ2n) is 12.4. The Morgan fingerprint density at radius 1 is 1.12 bits per heavy atom. The molecule has 2 amide bonds. The lowest BCUT2D eigenvalue weighted by Crippen LogP contribution is -2.47. The lowest BCUT2D eigenvalue weighted by Gasteiger charge is -2.37. The smallest absolute Gasteiger partial charge is 0.416 e. The quantitative estimate of drug-likeness (QED) is 0.150. The van der Waals surface area contributed by atoms with E-state index in [-0.39, 0.29) is 18.3 Å². The van der Waals surface area contributed by atoms with Gasteiger partial charge in [0.2, 0.25) is 5.91 Å². The number of nitrogens with zero attached hydrogens (tertiary/aromatic N) is 1. The number of cyclic esters (lactones) is 1. The molecule has 1 heterocycles. The molecule has 0 bridgehead atoms. The molecule has 0 aliphatic carbocycles. The number of hydrogen-bond acceptors (Lipinski definition) is 7. The van der Waals surface area contributed by atoms with Crippen LogP contribution in [-0.2, 0) is 31.7 Å².